The molecule has 1 aliphatic carbocycles. The first-order valence-electron chi connectivity index (χ1n) is 7.66. The standard InChI is InChI=1S/C19H23BrO2/c1-4-14-6-7-15(5-2)19(14,13-12-18(21)22-3)16-8-10-17(20)11-9-16/h4-5,8-11,14-15H,1-2,6-7,12-13H2,3H3/t14-,15+,19?. The van der Waals surface area contributed by atoms with Gasteiger partial charge in [0.15, 0.2) is 0 Å². The Bertz CT molecular complexity index is 531. The molecule has 1 aliphatic rings. The van der Waals surface area contributed by atoms with E-state index in [0.717, 1.165) is 23.7 Å². The van der Waals surface area contributed by atoms with Gasteiger partial charge in [-0.2, -0.15) is 0 Å². The summed E-state index contributed by atoms with van der Waals surface area (Å²) in [4.78, 5) is 11.7. The summed E-state index contributed by atoms with van der Waals surface area (Å²) in [5, 5.41) is 0. The summed E-state index contributed by atoms with van der Waals surface area (Å²) < 4.78 is 5.91. The minimum Gasteiger partial charge on any atom is -0.469 e. The third kappa shape index (κ3) is 3.05. The van der Waals surface area contributed by atoms with Crippen molar-refractivity contribution >= 4 is 21.9 Å². The van der Waals surface area contributed by atoms with Crippen LogP contribution < -0.4 is 0 Å². The van der Waals surface area contributed by atoms with Gasteiger partial charge in [0, 0.05) is 16.3 Å². The molecule has 1 fully saturated rings. The number of esters is 1. The monoisotopic (exact) mass is 362 g/mol. The van der Waals surface area contributed by atoms with E-state index in [-0.39, 0.29) is 11.4 Å². The second-order valence-corrected chi connectivity index (χ2v) is 6.80. The first-order valence-corrected chi connectivity index (χ1v) is 8.45. The van der Waals surface area contributed by atoms with Gasteiger partial charge in [-0.3, -0.25) is 4.79 Å². The fraction of sp³-hybridized carbons (Fsp3) is 0.421. The summed E-state index contributed by atoms with van der Waals surface area (Å²) >= 11 is 3.50. The molecule has 22 heavy (non-hydrogen) atoms. The zero-order valence-electron chi connectivity index (χ0n) is 13.1. The molecule has 0 heterocycles. The van der Waals surface area contributed by atoms with E-state index in [4.69, 9.17) is 4.74 Å². The third-order valence-corrected chi connectivity index (χ3v) is 5.56. The largest absolute Gasteiger partial charge is 0.469 e. The summed E-state index contributed by atoms with van der Waals surface area (Å²) in [5.74, 6) is 0.539. The molecule has 0 radical (unpaired) electrons. The Morgan fingerprint density at radius 1 is 1.27 bits per heavy atom. The topological polar surface area (TPSA) is 26.3 Å². The summed E-state index contributed by atoms with van der Waals surface area (Å²) in [6.07, 6.45) is 7.43. The quantitative estimate of drug-likeness (QED) is 0.523. The summed E-state index contributed by atoms with van der Waals surface area (Å²) in [6, 6.07) is 8.43. The second-order valence-electron chi connectivity index (χ2n) is 5.89. The van der Waals surface area contributed by atoms with Crippen molar-refractivity contribution in [2.75, 3.05) is 7.11 Å². The number of hydrogen-bond acceptors (Lipinski definition) is 2. The Kier molecular flexibility index (Phi) is 5.63. The third-order valence-electron chi connectivity index (χ3n) is 5.03. The van der Waals surface area contributed by atoms with E-state index in [1.54, 1.807) is 0 Å². The molecule has 0 spiro atoms. The van der Waals surface area contributed by atoms with Gasteiger partial charge >= 0.3 is 5.97 Å². The van der Waals surface area contributed by atoms with E-state index < -0.39 is 0 Å². The summed E-state index contributed by atoms with van der Waals surface area (Å²) in [6.45, 7) is 8.07. The van der Waals surface area contributed by atoms with Crippen LogP contribution in [0.4, 0.5) is 0 Å². The first-order chi connectivity index (χ1) is 10.6. The number of benzene rings is 1. The smallest absolute Gasteiger partial charge is 0.305 e. The second kappa shape index (κ2) is 7.28. The Labute approximate surface area is 141 Å². The lowest BCUT2D eigenvalue weighted by atomic mass is 9.64. The first kappa shape index (κ1) is 17.0. The molecule has 3 atom stereocenters. The van der Waals surface area contributed by atoms with Gasteiger partial charge in [-0.25, -0.2) is 0 Å². The molecular formula is C19H23BrO2. The molecule has 0 bridgehead atoms. The number of halogens is 1. The van der Waals surface area contributed by atoms with Crippen molar-refractivity contribution in [3.63, 3.8) is 0 Å². The minimum atomic E-state index is -0.158. The fourth-order valence-electron chi connectivity index (χ4n) is 3.92. The van der Waals surface area contributed by atoms with Gasteiger partial charge in [-0.1, -0.05) is 40.2 Å². The number of methoxy groups -OCH3 is 1. The Morgan fingerprint density at radius 2 is 1.82 bits per heavy atom. The lowest BCUT2D eigenvalue weighted by molar-refractivity contribution is -0.141. The molecule has 0 aliphatic heterocycles. The van der Waals surface area contributed by atoms with Crippen LogP contribution in [-0.2, 0) is 14.9 Å². The Hall–Kier alpha value is -1.35. The van der Waals surface area contributed by atoms with Gasteiger partial charge in [0.2, 0.25) is 0 Å². The van der Waals surface area contributed by atoms with Crippen LogP contribution >= 0.6 is 15.9 Å². The van der Waals surface area contributed by atoms with Crippen LogP contribution in [0, 0.1) is 11.8 Å². The molecule has 1 saturated carbocycles. The van der Waals surface area contributed by atoms with Crippen molar-refractivity contribution in [3.8, 4) is 0 Å². The van der Waals surface area contributed by atoms with Gasteiger partial charge in [-0.05, 0) is 48.8 Å². The number of carbonyl (C=O) groups is 1. The Morgan fingerprint density at radius 3 is 2.27 bits per heavy atom. The molecule has 0 amide bonds. The van der Waals surface area contributed by atoms with Crippen LogP contribution in [0.25, 0.3) is 0 Å². The number of hydrogen-bond donors (Lipinski definition) is 0. The van der Waals surface area contributed by atoms with Crippen molar-refractivity contribution in [2.45, 2.75) is 31.1 Å². The molecule has 3 heteroatoms. The maximum Gasteiger partial charge on any atom is 0.305 e. The highest BCUT2D eigenvalue weighted by atomic mass is 79.9. The number of rotatable bonds is 6. The minimum absolute atomic E-state index is 0.113. The number of allylic oxidation sites excluding steroid dienone is 2. The SMILES string of the molecule is C=C[C@@H]1CC[C@H](C=C)C1(CCC(=O)OC)c1ccc(Br)cc1. The highest BCUT2D eigenvalue weighted by molar-refractivity contribution is 9.10. The highest BCUT2D eigenvalue weighted by Gasteiger charge is 2.48. The van der Waals surface area contributed by atoms with Crippen LogP contribution in [-0.4, -0.2) is 13.1 Å². The van der Waals surface area contributed by atoms with Gasteiger partial charge in [-0.15, -0.1) is 13.2 Å². The molecule has 2 rings (SSSR count). The molecule has 118 valence electrons. The molecular weight excluding hydrogens is 340 g/mol. The zero-order valence-corrected chi connectivity index (χ0v) is 14.6. The average Bonchev–Trinajstić information content (AvgIpc) is 2.91. The normalized spacial score (nSPS) is 27.4. The van der Waals surface area contributed by atoms with E-state index in [9.17, 15) is 4.79 Å². The van der Waals surface area contributed by atoms with Crippen molar-refractivity contribution in [1.29, 1.82) is 0 Å². The van der Waals surface area contributed by atoms with E-state index in [2.05, 4.69) is 53.4 Å². The molecule has 0 saturated heterocycles. The van der Waals surface area contributed by atoms with Crippen LogP contribution in [0.3, 0.4) is 0 Å². The van der Waals surface area contributed by atoms with Gasteiger partial charge in [0.25, 0.3) is 0 Å². The molecule has 1 unspecified atom stereocenters. The van der Waals surface area contributed by atoms with Crippen molar-refractivity contribution < 1.29 is 9.53 Å². The predicted octanol–water partition coefficient (Wildman–Crippen LogP) is 5.04. The number of ether oxygens (including phenoxy) is 1. The summed E-state index contributed by atoms with van der Waals surface area (Å²) in [5.41, 5.74) is 1.14. The molecule has 1 aromatic rings. The van der Waals surface area contributed by atoms with Gasteiger partial charge < -0.3 is 4.74 Å². The van der Waals surface area contributed by atoms with E-state index in [1.807, 2.05) is 12.2 Å². The van der Waals surface area contributed by atoms with Crippen molar-refractivity contribution in [3.05, 3.63) is 59.6 Å². The fourth-order valence-corrected chi connectivity index (χ4v) is 4.18. The van der Waals surface area contributed by atoms with Crippen molar-refractivity contribution in [1.82, 2.24) is 0 Å². The van der Waals surface area contributed by atoms with Crippen LogP contribution in [0.5, 0.6) is 0 Å². The van der Waals surface area contributed by atoms with Gasteiger partial charge in [0.05, 0.1) is 7.11 Å². The summed E-state index contributed by atoms with van der Waals surface area (Å²) in [7, 11) is 1.44. The predicted molar refractivity (Wildman–Crippen MR) is 93.7 cm³/mol. The van der Waals surface area contributed by atoms with E-state index >= 15 is 0 Å². The van der Waals surface area contributed by atoms with Crippen LogP contribution in [0.2, 0.25) is 0 Å². The van der Waals surface area contributed by atoms with Crippen LogP contribution in [0.15, 0.2) is 54.0 Å². The van der Waals surface area contributed by atoms with Crippen molar-refractivity contribution in [2.24, 2.45) is 11.8 Å². The lowest BCUT2D eigenvalue weighted by Gasteiger charge is -2.39. The lowest BCUT2D eigenvalue weighted by Crippen LogP contribution is -2.36. The Balaban J connectivity index is 2.46. The zero-order chi connectivity index (χ0) is 16.2. The molecule has 1 aromatic carbocycles. The van der Waals surface area contributed by atoms with E-state index in [1.165, 1.54) is 12.7 Å². The van der Waals surface area contributed by atoms with Crippen LogP contribution in [0.1, 0.15) is 31.2 Å². The molecule has 0 N–H and O–H groups in total. The molecule has 0 aromatic heterocycles. The van der Waals surface area contributed by atoms with Gasteiger partial charge in [0.1, 0.15) is 0 Å². The number of carbonyl (C=O) groups excluding carboxylic acids is 1. The maximum absolute atomic E-state index is 11.7. The van der Waals surface area contributed by atoms with E-state index in [0.29, 0.717) is 18.3 Å². The average molecular weight is 363 g/mol. The maximum atomic E-state index is 11.7. The molecule has 2 nitrogen and oxygen atoms in total. The highest BCUT2D eigenvalue weighted by Crippen LogP contribution is 2.53.